The van der Waals surface area contributed by atoms with Gasteiger partial charge in [0.2, 0.25) is 0 Å². The van der Waals surface area contributed by atoms with Crippen LogP contribution < -0.4 is 10.0 Å². The Balaban J connectivity index is 2.37. The van der Waals surface area contributed by atoms with E-state index in [0.29, 0.717) is 0 Å². The van der Waals surface area contributed by atoms with Gasteiger partial charge in [0.15, 0.2) is 5.03 Å². The van der Waals surface area contributed by atoms with Crippen LogP contribution in [0.25, 0.3) is 0 Å². The van der Waals surface area contributed by atoms with Crippen molar-refractivity contribution in [1.29, 1.82) is 0 Å². The lowest BCUT2D eigenvalue weighted by Crippen LogP contribution is -2.35. The maximum atomic E-state index is 13.7. The minimum Gasteiger partial charge on any atom is -0.306 e. The summed E-state index contributed by atoms with van der Waals surface area (Å²) in [5.74, 6) is -1.71. The molecule has 0 bridgehead atoms. The van der Waals surface area contributed by atoms with E-state index in [4.69, 9.17) is 0 Å². The summed E-state index contributed by atoms with van der Waals surface area (Å²) in [6.45, 7) is 6.52. The summed E-state index contributed by atoms with van der Waals surface area (Å²) >= 11 is 0. The molecule has 0 unspecified atom stereocenters. The van der Waals surface area contributed by atoms with Crippen LogP contribution in [-0.4, -0.2) is 24.2 Å². The number of carbonyl (C=O) groups excluding carboxylic acids is 1. The summed E-state index contributed by atoms with van der Waals surface area (Å²) in [6.07, 6.45) is -3.58. The number of rotatable bonds is 5. The van der Waals surface area contributed by atoms with Crippen LogP contribution in [0.5, 0.6) is 0 Å². The number of amides is 2. The standard InChI is InChI=1S/C17H20F4N4O3S/c1-9(2)12-7-11(18)8-13(17(19,20)21)15(12)22-16(26)24-29(27,28)14-5-6-25(23-14)10(3)4/h5-10H,1-4H3,(H2,22,24,26). The summed E-state index contributed by atoms with van der Waals surface area (Å²) < 4.78 is 81.2. The SMILES string of the molecule is CC(C)c1cc(F)cc(C(F)(F)F)c1NC(=O)NS(=O)(=O)c1ccn(C(C)C)n1. The van der Waals surface area contributed by atoms with Crippen molar-refractivity contribution in [2.24, 2.45) is 0 Å². The van der Waals surface area contributed by atoms with Crippen LogP contribution in [0.1, 0.15) is 50.8 Å². The molecule has 0 radical (unpaired) electrons. The van der Waals surface area contributed by atoms with Crippen molar-refractivity contribution >= 4 is 21.7 Å². The first-order valence-electron chi connectivity index (χ1n) is 8.52. The Hall–Kier alpha value is -2.63. The van der Waals surface area contributed by atoms with Crippen LogP contribution in [0.4, 0.5) is 28.0 Å². The maximum Gasteiger partial charge on any atom is 0.418 e. The molecular weight excluding hydrogens is 416 g/mol. The number of anilines is 1. The van der Waals surface area contributed by atoms with Crippen molar-refractivity contribution < 1.29 is 30.8 Å². The van der Waals surface area contributed by atoms with Crippen LogP contribution in [0.3, 0.4) is 0 Å². The largest absolute Gasteiger partial charge is 0.418 e. The van der Waals surface area contributed by atoms with Gasteiger partial charge in [-0.2, -0.15) is 26.7 Å². The highest BCUT2D eigenvalue weighted by molar-refractivity contribution is 7.90. The van der Waals surface area contributed by atoms with Crippen molar-refractivity contribution in [3.05, 3.63) is 41.3 Å². The molecule has 29 heavy (non-hydrogen) atoms. The summed E-state index contributed by atoms with van der Waals surface area (Å²) in [5, 5.41) is 5.24. The van der Waals surface area contributed by atoms with Crippen molar-refractivity contribution in [2.75, 3.05) is 5.32 Å². The van der Waals surface area contributed by atoms with Gasteiger partial charge in [0, 0.05) is 12.2 Å². The summed E-state index contributed by atoms with van der Waals surface area (Å²) in [7, 11) is -4.43. The second kappa shape index (κ2) is 8.01. The minimum absolute atomic E-state index is 0.131. The lowest BCUT2D eigenvalue weighted by atomic mass is 9.97. The first-order chi connectivity index (χ1) is 13.2. The molecule has 2 N–H and O–H groups in total. The summed E-state index contributed by atoms with van der Waals surface area (Å²) in [6, 6.07) is 0.668. The summed E-state index contributed by atoms with van der Waals surface area (Å²) in [5.41, 5.74) is -2.26. The first-order valence-corrected chi connectivity index (χ1v) is 10.00. The molecule has 2 aromatic rings. The molecule has 0 aliphatic heterocycles. The zero-order valence-electron chi connectivity index (χ0n) is 16.0. The Kier molecular flexibility index (Phi) is 6.26. The van der Waals surface area contributed by atoms with Gasteiger partial charge in [0.25, 0.3) is 10.0 Å². The Morgan fingerprint density at radius 3 is 2.28 bits per heavy atom. The lowest BCUT2D eigenvalue weighted by molar-refractivity contribution is -0.137. The van der Waals surface area contributed by atoms with Gasteiger partial charge in [-0.15, -0.1) is 0 Å². The highest BCUT2D eigenvalue weighted by Crippen LogP contribution is 2.39. The molecule has 0 fully saturated rings. The van der Waals surface area contributed by atoms with Crippen LogP contribution >= 0.6 is 0 Å². The van der Waals surface area contributed by atoms with Gasteiger partial charge in [0.1, 0.15) is 5.82 Å². The predicted octanol–water partition coefficient (Wildman–Crippen LogP) is 4.26. The van der Waals surface area contributed by atoms with Gasteiger partial charge < -0.3 is 5.32 Å². The molecule has 0 aliphatic rings. The molecule has 0 saturated carbocycles. The normalized spacial score (nSPS) is 12.5. The fourth-order valence-corrected chi connectivity index (χ4v) is 3.35. The van der Waals surface area contributed by atoms with Crippen molar-refractivity contribution in [2.45, 2.75) is 50.9 Å². The number of alkyl halides is 3. The minimum atomic E-state index is -4.97. The third-order valence-corrected chi connectivity index (χ3v) is 5.14. The van der Waals surface area contributed by atoms with E-state index < -0.39 is 50.2 Å². The molecule has 0 saturated heterocycles. The maximum absolute atomic E-state index is 13.7. The number of halogens is 4. The molecular formula is C17H20F4N4O3S. The number of urea groups is 1. The fraction of sp³-hybridized carbons (Fsp3) is 0.412. The molecule has 2 rings (SSSR count). The van der Waals surface area contributed by atoms with Gasteiger partial charge in [-0.05, 0) is 43.5 Å². The van der Waals surface area contributed by atoms with E-state index in [9.17, 15) is 30.8 Å². The fourth-order valence-electron chi connectivity index (χ4n) is 2.51. The number of hydrogen-bond acceptors (Lipinski definition) is 4. The molecule has 12 heteroatoms. The molecule has 7 nitrogen and oxygen atoms in total. The molecule has 1 aromatic heterocycles. The van der Waals surface area contributed by atoms with Crippen LogP contribution in [-0.2, 0) is 16.2 Å². The zero-order valence-corrected chi connectivity index (χ0v) is 16.8. The molecule has 2 amide bonds. The first kappa shape index (κ1) is 22.7. The third kappa shape index (κ3) is 5.25. The highest BCUT2D eigenvalue weighted by Gasteiger charge is 2.36. The molecule has 160 valence electrons. The average molecular weight is 436 g/mol. The Bertz CT molecular complexity index is 1010. The predicted molar refractivity (Wildman–Crippen MR) is 97.4 cm³/mol. The number of nitrogens with zero attached hydrogens (tertiary/aromatic N) is 2. The Morgan fingerprint density at radius 1 is 1.17 bits per heavy atom. The van der Waals surface area contributed by atoms with Gasteiger partial charge in [-0.25, -0.2) is 13.9 Å². The average Bonchev–Trinajstić information content (AvgIpc) is 3.05. The van der Waals surface area contributed by atoms with E-state index >= 15 is 0 Å². The monoisotopic (exact) mass is 436 g/mol. The van der Waals surface area contributed by atoms with E-state index in [1.54, 1.807) is 18.6 Å². The third-order valence-electron chi connectivity index (χ3n) is 3.91. The second-order valence-electron chi connectivity index (χ2n) is 6.86. The summed E-state index contributed by atoms with van der Waals surface area (Å²) in [4.78, 5) is 12.2. The quantitative estimate of drug-likeness (QED) is 0.685. The number of aromatic nitrogens is 2. The van der Waals surface area contributed by atoms with Crippen molar-refractivity contribution in [3.63, 3.8) is 0 Å². The zero-order chi connectivity index (χ0) is 22.1. The number of sulfonamides is 1. The molecule has 1 aromatic carbocycles. The van der Waals surface area contributed by atoms with E-state index in [2.05, 4.69) is 5.10 Å². The van der Waals surface area contributed by atoms with E-state index in [-0.39, 0.29) is 17.7 Å². The van der Waals surface area contributed by atoms with Gasteiger partial charge in [-0.1, -0.05) is 13.8 Å². The number of hydrogen-bond donors (Lipinski definition) is 2. The van der Waals surface area contributed by atoms with Gasteiger partial charge >= 0.3 is 12.2 Å². The lowest BCUT2D eigenvalue weighted by Gasteiger charge is -2.20. The Morgan fingerprint density at radius 2 is 1.79 bits per heavy atom. The number of nitrogens with one attached hydrogen (secondary N) is 2. The number of carbonyl (C=O) groups is 1. The smallest absolute Gasteiger partial charge is 0.306 e. The van der Waals surface area contributed by atoms with Crippen molar-refractivity contribution in [3.8, 4) is 0 Å². The molecule has 0 spiro atoms. The Labute approximate surface area is 165 Å². The van der Waals surface area contributed by atoms with E-state index in [1.165, 1.54) is 24.7 Å². The molecule has 0 atom stereocenters. The molecule has 1 heterocycles. The van der Waals surface area contributed by atoms with Gasteiger partial charge in [-0.3, -0.25) is 4.68 Å². The van der Waals surface area contributed by atoms with E-state index in [0.717, 1.165) is 12.1 Å². The number of benzene rings is 1. The second-order valence-corrected chi connectivity index (χ2v) is 8.49. The van der Waals surface area contributed by atoms with E-state index in [1.807, 2.05) is 5.32 Å². The van der Waals surface area contributed by atoms with Gasteiger partial charge in [0.05, 0.1) is 11.3 Å². The highest BCUT2D eigenvalue weighted by atomic mass is 32.2. The topological polar surface area (TPSA) is 93.1 Å². The van der Waals surface area contributed by atoms with Crippen LogP contribution in [0.15, 0.2) is 29.4 Å². The van der Waals surface area contributed by atoms with Crippen LogP contribution in [0.2, 0.25) is 0 Å². The van der Waals surface area contributed by atoms with Crippen molar-refractivity contribution in [1.82, 2.24) is 14.5 Å². The van der Waals surface area contributed by atoms with Crippen LogP contribution in [0, 0.1) is 5.82 Å². The molecule has 0 aliphatic carbocycles.